The van der Waals surface area contributed by atoms with Gasteiger partial charge in [-0.3, -0.25) is 0 Å². The highest BCUT2D eigenvalue weighted by Gasteiger charge is 2.14. The summed E-state index contributed by atoms with van der Waals surface area (Å²) in [5.41, 5.74) is 10.2. The van der Waals surface area contributed by atoms with Crippen LogP contribution in [0, 0.1) is 6.92 Å². The van der Waals surface area contributed by atoms with Crippen molar-refractivity contribution < 1.29 is 0 Å². The predicted molar refractivity (Wildman–Crippen MR) is 51.2 cm³/mol. The summed E-state index contributed by atoms with van der Waals surface area (Å²) in [5.74, 6) is 0. The first-order valence-electron chi connectivity index (χ1n) is 4.59. The van der Waals surface area contributed by atoms with Crippen LogP contribution in [0.4, 0.5) is 0 Å². The van der Waals surface area contributed by atoms with Crippen LogP contribution in [0.2, 0.25) is 0 Å². The Morgan fingerprint density at radius 2 is 2.17 bits per heavy atom. The second kappa shape index (κ2) is 2.91. The molecule has 1 aromatic rings. The van der Waals surface area contributed by atoms with Crippen LogP contribution < -0.4 is 5.73 Å². The molecule has 64 valence electrons. The second-order valence-electron chi connectivity index (χ2n) is 3.78. The van der Waals surface area contributed by atoms with Crippen molar-refractivity contribution in [3.8, 4) is 0 Å². The normalized spacial score (nSPS) is 22.0. The molecule has 1 nitrogen and oxygen atoms in total. The molecule has 0 amide bonds. The molecule has 0 saturated heterocycles. The highest BCUT2D eigenvalue weighted by atomic mass is 14.6. The van der Waals surface area contributed by atoms with Gasteiger partial charge in [0.05, 0.1) is 0 Å². The Morgan fingerprint density at radius 3 is 3.00 bits per heavy atom. The predicted octanol–water partition coefficient (Wildman–Crippen LogP) is 1.81. The summed E-state index contributed by atoms with van der Waals surface area (Å²) in [7, 11) is 0. The second-order valence-corrected chi connectivity index (χ2v) is 3.78. The van der Waals surface area contributed by atoms with Crippen LogP contribution in [0.3, 0.4) is 0 Å². The molecule has 2 rings (SSSR count). The van der Waals surface area contributed by atoms with Crippen molar-refractivity contribution in [3.63, 3.8) is 0 Å². The first-order valence-corrected chi connectivity index (χ1v) is 4.59. The van der Waals surface area contributed by atoms with Gasteiger partial charge in [-0.1, -0.05) is 23.8 Å². The molecule has 0 spiro atoms. The first-order chi connectivity index (χ1) is 5.75. The van der Waals surface area contributed by atoms with Crippen molar-refractivity contribution in [2.45, 2.75) is 32.2 Å². The van der Waals surface area contributed by atoms with Gasteiger partial charge in [0.1, 0.15) is 0 Å². The lowest BCUT2D eigenvalue weighted by atomic mass is 9.88. The van der Waals surface area contributed by atoms with E-state index in [4.69, 9.17) is 5.73 Å². The van der Waals surface area contributed by atoms with Crippen LogP contribution in [0.25, 0.3) is 0 Å². The number of nitrogens with two attached hydrogens (primary N) is 1. The minimum absolute atomic E-state index is 0.388. The van der Waals surface area contributed by atoms with Gasteiger partial charge in [0, 0.05) is 6.04 Å². The van der Waals surface area contributed by atoms with Gasteiger partial charge in [0.2, 0.25) is 0 Å². The van der Waals surface area contributed by atoms with Gasteiger partial charge in [-0.05, 0) is 37.3 Å². The molecule has 0 saturated carbocycles. The summed E-state index contributed by atoms with van der Waals surface area (Å²) >= 11 is 0. The maximum Gasteiger partial charge on any atom is 0.00825 e. The third-order valence-electron chi connectivity index (χ3n) is 2.63. The molecule has 0 bridgehead atoms. The standard InChI is InChI=1S/C11H15N/c1-8-2-3-9-4-5-11(12)7-10(9)6-8/h2-3,6,11H,4-5,7,12H2,1H3/t11-/m0/s1. The molecule has 12 heavy (non-hydrogen) atoms. The van der Waals surface area contributed by atoms with E-state index in [1.165, 1.54) is 16.7 Å². The smallest absolute Gasteiger partial charge is 0.00825 e. The number of fused-ring (bicyclic) bond motifs is 1. The molecule has 0 radical (unpaired) electrons. The van der Waals surface area contributed by atoms with E-state index >= 15 is 0 Å². The fourth-order valence-electron chi connectivity index (χ4n) is 1.91. The van der Waals surface area contributed by atoms with Crippen molar-refractivity contribution in [2.24, 2.45) is 5.73 Å². The van der Waals surface area contributed by atoms with Crippen molar-refractivity contribution in [1.82, 2.24) is 0 Å². The SMILES string of the molecule is Cc1ccc2c(c1)C[C@@H](N)CC2. The van der Waals surface area contributed by atoms with Crippen LogP contribution >= 0.6 is 0 Å². The molecule has 1 atom stereocenters. The summed E-state index contributed by atoms with van der Waals surface area (Å²) in [4.78, 5) is 0. The van der Waals surface area contributed by atoms with Gasteiger partial charge in [0.15, 0.2) is 0 Å². The molecule has 0 unspecified atom stereocenters. The summed E-state index contributed by atoms with van der Waals surface area (Å²) in [5, 5.41) is 0. The highest BCUT2D eigenvalue weighted by Crippen LogP contribution is 2.21. The van der Waals surface area contributed by atoms with E-state index in [9.17, 15) is 0 Å². The third kappa shape index (κ3) is 1.37. The number of aryl methyl sites for hydroxylation is 2. The minimum Gasteiger partial charge on any atom is -0.327 e. The molecule has 1 aromatic carbocycles. The molecule has 1 aliphatic carbocycles. The van der Waals surface area contributed by atoms with Gasteiger partial charge in [-0.25, -0.2) is 0 Å². The molecule has 1 heteroatoms. The quantitative estimate of drug-likeness (QED) is 0.617. The van der Waals surface area contributed by atoms with E-state index in [0.717, 1.165) is 19.3 Å². The Balaban J connectivity index is 2.37. The van der Waals surface area contributed by atoms with Crippen LogP contribution in [0.15, 0.2) is 18.2 Å². The fraction of sp³-hybridized carbons (Fsp3) is 0.455. The molecule has 0 fully saturated rings. The largest absolute Gasteiger partial charge is 0.327 e. The lowest BCUT2D eigenvalue weighted by molar-refractivity contribution is 0.576. The van der Waals surface area contributed by atoms with E-state index in [1.54, 1.807) is 0 Å². The Kier molecular flexibility index (Phi) is 1.89. The third-order valence-corrected chi connectivity index (χ3v) is 2.63. The number of rotatable bonds is 0. The number of hydrogen-bond donors (Lipinski definition) is 1. The van der Waals surface area contributed by atoms with Crippen molar-refractivity contribution in [1.29, 1.82) is 0 Å². The zero-order valence-corrected chi connectivity index (χ0v) is 7.51. The van der Waals surface area contributed by atoms with Gasteiger partial charge < -0.3 is 5.73 Å². The van der Waals surface area contributed by atoms with E-state index in [1.807, 2.05) is 0 Å². The maximum atomic E-state index is 5.90. The number of hydrogen-bond acceptors (Lipinski definition) is 1. The van der Waals surface area contributed by atoms with Gasteiger partial charge in [0.25, 0.3) is 0 Å². The maximum absolute atomic E-state index is 5.90. The summed E-state index contributed by atoms with van der Waals surface area (Å²) in [6.45, 7) is 2.14. The van der Waals surface area contributed by atoms with Crippen LogP contribution in [0.5, 0.6) is 0 Å². The lowest BCUT2D eigenvalue weighted by Gasteiger charge is -2.21. The number of benzene rings is 1. The topological polar surface area (TPSA) is 26.0 Å². The van der Waals surface area contributed by atoms with Gasteiger partial charge in [-0.2, -0.15) is 0 Å². The zero-order chi connectivity index (χ0) is 8.55. The highest BCUT2D eigenvalue weighted by molar-refractivity contribution is 5.34. The molecule has 2 N–H and O–H groups in total. The zero-order valence-electron chi connectivity index (χ0n) is 7.51. The Hall–Kier alpha value is -0.820. The summed E-state index contributed by atoms with van der Waals surface area (Å²) in [6.07, 6.45) is 3.38. The Bertz CT molecular complexity index is 291. The minimum atomic E-state index is 0.388. The molecular weight excluding hydrogens is 146 g/mol. The molecule has 0 aromatic heterocycles. The monoisotopic (exact) mass is 161 g/mol. The fourth-order valence-corrected chi connectivity index (χ4v) is 1.91. The molecule has 1 aliphatic rings. The van der Waals surface area contributed by atoms with Crippen molar-refractivity contribution >= 4 is 0 Å². The average molecular weight is 161 g/mol. The summed E-state index contributed by atoms with van der Waals surface area (Å²) < 4.78 is 0. The van der Waals surface area contributed by atoms with E-state index in [-0.39, 0.29) is 0 Å². The molecule has 0 aliphatic heterocycles. The first kappa shape index (κ1) is 7.81. The van der Waals surface area contributed by atoms with E-state index < -0.39 is 0 Å². The molecular formula is C11H15N. The summed E-state index contributed by atoms with van der Waals surface area (Å²) in [6, 6.07) is 7.10. The van der Waals surface area contributed by atoms with Gasteiger partial charge >= 0.3 is 0 Å². The average Bonchev–Trinajstić information content (AvgIpc) is 2.03. The van der Waals surface area contributed by atoms with Crippen LogP contribution in [-0.2, 0) is 12.8 Å². The van der Waals surface area contributed by atoms with Crippen molar-refractivity contribution in [2.75, 3.05) is 0 Å². The Labute approximate surface area is 73.6 Å². The van der Waals surface area contributed by atoms with Crippen molar-refractivity contribution in [3.05, 3.63) is 34.9 Å². The van der Waals surface area contributed by atoms with Crippen LogP contribution in [0.1, 0.15) is 23.1 Å². The molecule has 0 heterocycles. The van der Waals surface area contributed by atoms with Gasteiger partial charge in [-0.15, -0.1) is 0 Å². The Morgan fingerprint density at radius 1 is 1.33 bits per heavy atom. The van der Waals surface area contributed by atoms with E-state index in [2.05, 4.69) is 25.1 Å². The van der Waals surface area contributed by atoms with E-state index in [0.29, 0.717) is 6.04 Å². The van der Waals surface area contributed by atoms with Crippen LogP contribution in [-0.4, -0.2) is 6.04 Å². The lowest BCUT2D eigenvalue weighted by Crippen LogP contribution is -2.27.